The van der Waals surface area contributed by atoms with Gasteiger partial charge in [-0.1, -0.05) is 6.07 Å². The molecular formula is C20H18N4O2. The van der Waals surface area contributed by atoms with Crippen LogP contribution >= 0.6 is 0 Å². The van der Waals surface area contributed by atoms with Crippen LogP contribution in [0.5, 0.6) is 0 Å². The number of hydrogen-bond acceptors (Lipinski definition) is 3. The van der Waals surface area contributed by atoms with E-state index in [9.17, 15) is 9.59 Å². The summed E-state index contributed by atoms with van der Waals surface area (Å²) in [5.41, 5.74) is 2.61. The maximum Gasteiger partial charge on any atom is 0.255 e. The van der Waals surface area contributed by atoms with E-state index < -0.39 is 0 Å². The van der Waals surface area contributed by atoms with Crippen molar-refractivity contribution in [2.45, 2.75) is 18.9 Å². The average molecular weight is 346 g/mol. The highest BCUT2D eigenvalue weighted by molar-refractivity contribution is 6.05. The van der Waals surface area contributed by atoms with Gasteiger partial charge in [0.1, 0.15) is 0 Å². The Balaban J connectivity index is 1.45. The Kier molecular flexibility index (Phi) is 4.23. The molecule has 1 aliphatic rings. The molecule has 2 amide bonds. The number of benzene rings is 2. The largest absolute Gasteiger partial charge is 0.349 e. The average Bonchev–Trinajstić information content (AvgIpc) is 3.31. The Bertz CT molecular complexity index is 929. The molecule has 0 radical (unpaired) electrons. The van der Waals surface area contributed by atoms with Crippen molar-refractivity contribution in [1.29, 1.82) is 0 Å². The Morgan fingerprint density at radius 1 is 1.00 bits per heavy atom. The van der Waals surface area contributed by atoms with Crippen molar-refractivity contribution in [2.75, 3.05) is 5.32 Å². The van der Waals surface area contributed by atoms with Gasteiger partial charge in [0.15, 0.2) is 0 Å². The first-order valence-corrected chi connectivity index (χ1v) is 8.50. The third-order valence-corrected chi connectivity index (χ3v) is 4.23. The molecule has 1 aromatic heterocycles. The summed E-state index contributed by atoms with van der Waals surface area (Å²) in [4.78, 5) is 28.6. The molecule has 0 saturated heterocycles. The van der Waals surface area contributed by atoms with Gasteiger partial charge in [-0.25, -0.2) is 4.98 Å². The zero-order valence-corrected chi connectivity index (χ0v) is 14.1. The van der Waals surface area contributed by atoms with E-state index in [-0.39, 0.29) is 11.8 Å². The lowest BCUT2D eigenvalue weighted by atomic mass is 10.1. The highest BCUT2D eigenvalue weighted by atomic mass is 16.2. The molecule has 1 fully saturated rings. The zero-order valence-electron chi connectivity index (χ0n) is 14.1. The number of rotatable bonds is 5. The second-order valence-corrected chi connectivity index (χ2v) is 6.30. The molecule has 130 valence electrons. The van der Waals surface area contributed by atoms with Crippen molar-refractivity contribution in [3.63, 3.8) is 0 Å². The molecule has 6 heteroatoms. The number of nitrogens with zero attached hydrogens (tertiary/aromatic N) is 2. The summed E-state index contributed by atoms with van der Waals surface area (Å²) in [5, 5.41) is 5.78. The minimum atomic E-state index is -0.220. The summed E-state index contributed by atoms with van der Waals surface area (Å²) in [7, 11) is 0. The van der Waals surface area contributed by atoms with Crippen molar-refractivity contribution in [2.24, 2.45) is 0 Å². The number of aromatic nitrogens is 2. The van der Waals surface area contributed by atoms with Crippen LogP contribution in [0.2, 0.25) is 0 Å². The lowest BCUT2D eigenvalue weighted by Gasteiger charge is -2.09. The summed E-state index contributed by atoms with van der Waals surface area (Å²) in [6, 6.07) is 14.5. The van der Waals surface area contributed by atoms with Crippen molar-refractivity contribution < 1.29 is 9.59 Å². The van der Waals surface area contributed by atoms with E-state index in [1.165, 1.54) is 0 Å². The van der Waals surface area contributed by atoms with Gasteiger partial charge in [0.25, 0.3) is 11.8 Å². The van der Waals surface area contributed by atoms with Crippen LogP contribution in [0.4, 0.5) is 5.69 Å². The minimum Gasteiger partial charge on any atom is -0.349 e. The lowest BCUT2D eigenvalue weighted by Crippen LogP contribution is -2.25. The first-order valence-electron chi connectivity index (χ1n) is 8.50. The van der Waals surface area contributed by atoms with E-state index in [4.69, 9.17) is 0 Å². The SMILES string of the molecule is O=C(Nc1cccc(C(=O)NC2CC2)c1)c1ccc(-n2ccnc2)cc1. The lowest BCUT2D eigenvalue weighted by molar-refractivity contribution is 0.0949. The van der Waals surface area contributed by atoms with Crippen LogP contribution in [-0.2, 0) is 0 Å². The fourth-order valence-electron chi connectivity index (χ4n) is 2.63. The van der Waals surface area contributed by atoms with E-state index in [0.717, 1.165) is 18.5 Å². The monoisotopic (exact) mass is 346 g/mol. The van der Waals surface area contributed by atoms with Crippen LogP contribution in [0, 0.1) is 0 Å². The van der Waals surface area contributed by atoms with Crippen LogP contribution in [-0.4, -0.2) is 27.4 Å². The normalized spacial score (nSPS) is 13.2. The molecule has 1 saturated carbocycles. The number of carbonyl (C=O) groups is 2. The molecule has 26 heavy (non-hydrogen) atoms. The Labute approximate surface area is 150 Å². The van der Waals surface area contributed by atoms with Crippen molar-refractivity contribution in [3.8, 4) is 5.69 Å². The molecule has 1 heterocycles. The van der Waals surface area contributed by atoms with Crippen LogP contribution in [0.15, 0.2) is 67.3 Å². The summed E-state index contributed by atoms with van der Waals surface area (Å²) in [6.07, 6.45) is 7.32. The number of nitrogens with one attached hydrogen (secondary N) is 2. The van der Waals surface area contributed by atoms with Crippen LogP contribution < -0.4 is 10.6 Å². The molecule has 0 spiro atoms. The van der Waals surface area contributed by atoms with Gasteiger partial charge in [-0.05, 0) is 55.3 Å². The van der Waals surface area contributed by atoms with E-state index in [1.807, 2.05) is 22.9 Å². The Morgan fingerprint density at radius 3 is 2.50 bits per heavy atom. The van der Waals surface area contributed by atoms with Gasteiger partial charge in [0.05, 0.1) is 6.33 Å². The Morgan fingerprint density at radius 2 is 1.81 bits per heavy atom. The molecule has 4 rings (SSSR count). The van der Waals surface area contributed by atoms with E-state index in [2.05, 4.69) is 15.6 Å². The predicted octanol–water partition coefficient (Wildman–Crippen LogP) is 3.02. The van der Waals surface area contributed by atoms with Gasteiger partial charge < -0.3 is 15.2 Å². The molecule has 2 N–H and O–H groups in total. The maximum atomic E-state index is 12.5. The van der Waals surface area contributed by atoms with Gasteiger partial charge in [-0.2, -0.15) is 0 Å². The summed E-state index contributed by atoms with van der Waals surface area (Å²) >= 11 is 0. The fourth-order valence-corrected chi connectivity index (χ4v) is 2.63. The maximum absolute atomic E-state index is 12.5. The molecule has 1 aliphatic carbocycles. The van der Waals surface area contributed by atoms with E-state index in [0.29, 0.717) is 22.9 Å². The quantitative estimate of drug-likeness (QED) is 0.746. The Hall–Kier alpha value is -3.41. The standard InChI is InChI=1S/C20H18N4O2/c25-19(14-4-8-18(9-5-14)24-11-10-21-13-24)23-17-3-1-2-15(12-17)20(26)22-16-6-7-16/h1-5,8-13,16H,6-7H2,(H,22,26)(H,23,25). The predicted molar refractivity (Wildman–Crippen MR) is 98.4 cm³/mol. The van der Waals surface area contributed by atoms with E-state index >= 15 is 0 Å². The van der Waals surface area contributed by atoms with Gasteiger partial charge in [0, 0.05) is 40.9 Å². The van der Waals surface area contributed by atoms with Crippen molar-refractivity contribution in [3.05, 3.63) is 78.4 Å². The number of imidazole rings is 1. The number of amides is 2. The smallest absolute Gasteiger partial charge is 0.255 e. The van der Waals surface area contributed by atoms with Crippen molar-refractivity contribution in [1.82, 2.24) is 14.9 Å². The molecule has 6 nitrogen and oxygen atoms in total. The van der Waals surface area contributed by atoms with Crippen LogP contribution in [0.3, 0.4) is 0 Å². The van der Waals surface area contributed by atoms with Gasteiger partial charge in [0.2, 0.25) is 0 Å². The van der Waals surface area contributed by atoms with Gasteiger partial charge >= 0.3 is 0 Å². The second-order valence-electron chi connectivity index (χ2n) is 6.30. The molecular weight excluding hydrogens is 328 g/mol. The summed E-state index contributed by atoms with van der Waals surface area (Å²) < 4.78 is 1.86. The highest BCUT2D eigenvalue weighted by Gasteiger charge is 2.23. The van der Waals surface area contributed by atoms with Gasteiger partial charge in [-0.3, -0.25) is 9.59 Å². The zero-order chi connectivity index (χ0) is 17.9. The highest BCUT2D eigenvalue weighted by Crippen LogP contribution is 2.20. The minimum absolute atomic E-state index is 0.103. The topological polar surface area (TPSA) is 76.0 Å². The second kappa shape index (κ2) is 6.84. The van der Waals surface area contributed by atoms with E-state index in [1.54, 1.807) is 48.9 Å². The van der Waals surface area contributed by atoms with Crippen LogP contribution in [0.25, 0.3) is 5.69 Å². The number of hydrogen-bond donors (Lipinski definition) is 2. The summed E-state index contributed by atoms with van der Waals surface area (Å²) in [5.74, 6) is -0.324. The number of carbonyl (C=O) groups excluding carboxylic acids is 2. The summed E-state index contributed by atoms with van der Waals surface area (Å²) in [6.45, 7) is 0. The molecule has 0 bridgehead atoms. The molecule has 0 unspecified atom stereocenters. The molecule has 2 aromatic carbocycles. The van der Waals surface area contributed by atoms with Crippen molar-refractivity contribution >= 4 is 17.5 Å². The van der Waals surface area contributed by atoms with Gasteiger partial charge in [-0.15, -0.1) is 0 Å². The fraction of sp³-hybridized carbons (Fsp3) is 0.150. The third-order valence-electron chi connectivity index (χ3n) is 4.23. The molecule has 0 aliphatic heterocycles. The van der Waals surface area contributed by atoms with Crippen LogP contribution in [0.1, 0.15) is 33.6 Å². The molecule has 0 atom stereocenters. The third kappa shape index (κ3) is 3.64. The molecule has 3 aromatic rings. The number of anilines is 1. The first kappa shape index (κ1) is 16.1. The first-order chi connectivity index (χ1) is 12.7.